The molecule has 2 amide bonds. The van der Waals surface area contributed by atoms with E-state index in [1.165, 1.54) is 35.3 Å². The van der Waals surface area contributed by atoms with E-state index in [1.807, 2.05) is 12.1 Å². The van der Waals surface area contributed by atoms with Crippen LogP contribution < -0.4 is 15.9 Å². The second-order valence-corrected chi connectivity index (χ2v) is 11.6. The third-order valence-electron chi connectivity index (χ3n) is 8.31. The molecule has 3 heterocycles. The van der Waals surface area contributed by atoms with E-state index >= 15 is 0 Å². The van der Waals surface area contributed by atoms with Gasteiger partial charge in [0.05, 0.1) is 32.3 Å². The van der Waals surface area contributed by atoms with Gasteiger partial charge in [-0.3, -0.25) is 4.79 Å². The van der Waals surface area contributed by atoms with Gasteiger partial charge in [-0.2, -0.15) is 10.2 Å². The van der Waals surface area contributed by atoms with E-state index in [1.54, 1.807) is 41.3 Å². The summed E-state index contributed by atoms with van der Waals surface area (Å²) < 4.78 is 36.8. The van der Waals surface area contributed by atoms with Crippen molar-refractivity contribution in [3.63, 3.8) is 0 Å². The molecule has 3 aromatic carbocycles. The molecule has 2 aromatic heterocycles. The fourth-order valence-corrected chi connectivity index (χ4v) is 5.68. The van der Waals surface area contributed by atoms with Gasteiger partial charge in [-0.05, 0) is 48.0 Å². The second-order valence-electron chi connectivity index (χ2n) is 11.6. The second kappa shape index (κ2) is 14.1. The number of rotatable bonds is 10. The van der Waals surface area contributed by atoms with Crippen LogP contribution in [-0.4, -0.2) is 84.4 Å². The van der Waals surface area contributed by atoms with Crippen LogP contribution >= 0.6 is 0 Å². The molecule has 0 saturated carbocycles. The largest absolute Gasteiger partial charge is 0.469 e. The van der Waals surface area contributed by atoms with Gasteiger partial charge in [-0.15, -0.1) is 0 Å². The fraction of sp³-hybridized carbons (Fsp3) is 0.273. The molecule has 6 rings (SSSR count). The SMILES string of the molecule is COC(=O)Cc1ccc(NC(=O)N2CCN(c3ccc(-n4cnn(CC(O)(Cn5cncn5)c5ccc(F)cc5F)c4=O)cc3)CC2)cc1. The quantitative estimate of drug-likeness (QED) is 0.213. The van der Waals surface area contributed by atoms with Crippen LogP contribution in [0.2, 0.25) is 0 Å². The first-order valence-electron chi connectivity index (χ1n) is 15.3. The van der Waals surface area contributed by atoms with Crippen LogP contribution in [0, 0.1) is 11.6 Å². The lowest BCUT2D eigenvalue weighted by Crippen LogP contribution is -2.50. The van der Waals surface area contributed by atoms with Crippen LogP contribution in [-0.2, 0) is 34.6 Å². The minimum atomic E-state index is -2.02. The molecule has 1 aliphatic rings. The topological polar surface area (TPSA) is 153 Å². The Morgan fingerprint density at radius 3 is 2.29 bits per heavy atom. The molecule has 1 fully saturated rings. The van der Waals surface area contributed by atoms with Gasteiger partial charge in [0.1, 0.15) is 36.2 Å². The van der Waals surface area contributed by atoms with Gasteiger partial charge in [0.25, 0.3) is 0 Å². The van der Waals surface area contributed by atoms with Crippen LogP contribution in [0.25, 0.3) is 5.69 Å². The summed E-state index contributed by atoms with van der Waals surface area (Å²) in [6.07, 6.45) is 4.05. The van der Waals surface area contributed by atoms with E-state index in [-0.39, 0.29) is 30.5 Å². The first-order chi connectivity index (χ1) is 23.6. The monoisotopic (exact) mass is 673 g/mol. The molecule has 1 saturated heterocycles. The van der Waals surface area contributed by atoms with Gasteiger partial charge in [0, 0.05) is 49.2 Å². The zero-order chi connectivity index (χ0) is 34.5. The average Bonchev–Trinajstić information content (AvgIpc) is 3.74. The molecular formula is C33H33F2N9O5. The number of amides is 2. The van der Waals surface area contributed by atoms with E-state index in [2.05, 4.69) is 30.1 Å². The van der Waals surface area contributed by atoms with Gasteiger partial charge in [-0.25, -0.2) is 37.3 Å². The number of nitrogens with one attached hydrogen (secondary N) is 1. The number of methoxy groups -OCH3 is 1. The predicted octanol–water partition coefficient (Wildman–Crippen LogP) is 2.56. The molecule has 254 valence electrons. The number of carbonyl (C=O) groups excluding carboxylic acids is 2. The summed E-state index contributed by atoms with van der Waals surface area (Å²) in [5, 5.41) is 22.7. The maximum atomic E-state index is 14.8. The van der Waals surface area contributed by atoms with Crippen molar-refractivity contribution in [2.24, 2.45) is 0 Å². The number of anilines is 2. The summed E-state index contributed by atoms with van der Waals surface area (Å²) >= 11 is 0. The van der Waals surface area contributed by atoms with Crippen LogP contribution in [0.3, 0.4) is 0 Å². The Balaban J connectivity index is 1.09. The van der Waals surface area contributed by atoms with Crippen LogP contribution in [0.15, 0.2) is 90.5 Å². The standard InChI is InChI=1S/C33H33F2N9O5/c1-49-30(45)16-23-2-5-25(6-3-23)39-31(46)41-14-12-40(13-15-41)26-7-9-27(10-8-26)43-22-38-44(32(43)47)19-33(48,18-42-21-36-20-37-42)28-11-4-24(34)17-29(28)35/h2-11,17,20-22,48H,12-16,18-19H2,1H3,(H,39,46). The van der Waals surface area contributed by atoms with Gasteiger partial charge >= 0.3 is 17.7 Å². The van der Waals surface area contributed by atoms with E-state index in [4.69, 9.17) is 0 Å². The number of halogens is 2. The van der Waals surface area contributed by atoms with Crippen LogP contribution in [0.1, 0.15) is 11.1 Å². The van der Waals surface area contributed by atoms with Crippen molar-refractivity contribution in [1.82, 2.24) is 34.0 Å². The molecule has 1 aliphatic heterocycles. The Bertz CT molecular complexity index is 1970. The highest BCUT2D eigenvalue weighted by Gasteiger charge is 2.35. The normalized spacial score (nSPS) is 14.4. The Morgan fingerprint density at radius 2 is 1.63 bits per heavy atom. The predicted molar refractivity (Wildman–Crippen MR) is 173 cm³/mol. The molecule has 2 N–H and O–H groups in total. The number of aromatic nitrogens is 6. The van der Waals surface area contributed by atoms with Crippen molar-refractivity contribution in [2.75, 3.05) is 43.5 Å². The molecule has 49 heavy (non-hydrogen) atoms. The molecule has 0 spiro atoms. The molecule has 0 aliphatic carbocycles. The van der Waals surface area contributed by atoms with Crippen LogP contribution in [0.4, 0.5) is 25.0 Å². The number of urea groups is 1. The van der Waals surface area contributed by atoms with E-state index in [9.17, 15) is 28.3 Å². The summed E-state index contributed by atoms with van der Waals surface area (Å²) in [4.78, 5) is 45.4. The highest BCUT2D eigenvalue weighted by Crippen LogP contribution is 2.28. The number of aliphatic hydroxyl groups is 1. The van der Waals surface area contributed by atoms with E-state index < -0.39 is 29.5 Å². The Morgan fingerprint density at radius 1 is 0.918 bits per heavy atom. The number of ether oxygens (including phenoxy) is 1. The van der Waals surface area contributed by atoms with E-state index in [0.29, 0.717) is 43.6 Å². The van der Waals surface area contributed by atoms with Gasteiger partial charge < -0.3 is 25.0 Å². The molecular weight excluding hydrogens is 640 g/mol. The molecule has 0 bridgehead atoms. The lowest BCUT2D eigenvalue weighted by atomic mass is 9.93. The first kappa shape index (κ1) is 33.0. The molecule has 14 nitrogen and oxygen atoms in total. The van der Waals surface area contributed by atoms with Gasteiger partial charge in [-0.1, -0.05) is 18.2 Å². The van der Waals surface area contributed by atoms with Crippen molar-refractivity contribution >= 4 is 23.4 Å². The lowest BCUT2D eigenvalue weighted by Gasteiger charge is -2.36. The molecule has 16 heteroatoms. The number of hydrogen-bond donors (Lipinski definition) is 2. The summed E-state index contributed by atoms with van der Waals surface area (Å²) in [5.41, 5.74) is 0.00561. The van der Waals surface area contributed by atoms with Gasteiger partial charge in [0.15, 0.2) is 0 Å². The average molecular weight is 674 g/mol. The zero-order valence-corrected chi connectivity index (χ0v) is 26.4. The Hall–Kier alpha value is -5.90. The third-order valence-corrected chi connectivity index (χ3v) is 8.31. The van der Waals surface area contributed by atoms with Crippen molar-refractivity contribution in [2.45, 2.75) is 25.1 Å². The van der Waals surface area contributed by atoms with Crippen LogP contribution in [0.5, 0.6) is 0 Å². The third kappa shape index (κ3) is 7.49. The van der Waals surface area contributed by atoms with Crippen molar-refractivity contribution in [3.8, 4) is 5.69 Å². The number of piperazine rings is 1. The summed E-state index contributed by atoms with van der Waals surface area (Å²) in [6, 6.07) is 16.9. The first-order valence-corrected chi connectivity index (χ1v) is 15.3. The number of nitrogens with zero attached hydrogens (tertiary/aromatic N) is 8. The zero-order valence-electron chi connectivity index (χ0n) is 26.4. The fourth-order valence-electron chi connectivity index (χ4n) is 5.68. The minimum Gasteiger partial charge on any atom is -0.469 e. The maximum absolute atomic E-state index is 14.8. The maximum Gasteiger partial charge on any atom is 0.350 e. The molecule has 1 atom stereocenters. The van der Waals surface area contributed by atoms with Crippen molar-refractivity contribution < 1.29 is 28.2 Å². The summed E-state index contributed by atoms with van der Waals surface area (Å²) in [6.45, 7) is 1.45. The number of esters is 1. The highest BCUT2D eigenvalue weighted by molar-refractivity contribution is 5.89. The minimum absolute atomic E-state index is 0.158. The molecule has 0 radical (unpaired) electrons. The molecule has 5 aromatic rings. The smallest absolute Gasteiger partial charge is 0.350 e. The van der Waals surface area contributed by atoms with Crippen molar-refractivity contribution in [1.29, 1.82) is 0 Å². The summed E-state index contributed by atoms with van der Waals surface area (Å²) in [5.74, 6) is -2.12. The molecule has 1 unspecified atom stereocenters. The van der Waals surface area contributed by atoms with Gasteiger partial charge in [0.2, 0.25) is 0 Å². The van der Waals surface area contributed by atoms with E-state index in [0.717, 1.165) is 28.1 Å². The lowest BCUT2D eigenvalue weighted by molar-refractivity contribution is -0.139. The summed E-state index contributed by atoms with van der Waals surface area (Å²) in [7, 11) is 1.34. The number of carbonyl (C=O) groups is 2. The highest BCUT2D eigenvalue weighted by atomic mass is 19.1. The Kier molecular flexibility index (Phi) is 9.48. The Labute approximate surface area is 278 Å². The van der Waals surface area contributed by atoms with Crippen molar-refractivity contribution in [3.05, 3.63) is 119 Å². The number of hydrogen-bond acceptors (Lipinski definition) is 9. The number of benzene rings is 3.